The second-order valence-corrected chi connectivity index (χ2v) is 5.68. The van der Waals surface area contributed by atoms with E-state index in [1.54, 1.807) is 0 Å². The van der Waals surface area contributed by atoms with E-state index in [0.29, 0.717) is 12.8 Å². The first-order valence-corrected chi connectivity index (χ1v) is 6.91. The fraction of sp³-hybridized carbons (Fsp3) is 0.846. The smallest absolute Gasteiger partial charge is 0.234 e. The third-order valence-electron chi connectivity index (χ3n) is 4.48. The molecule has 0 aromatic carbocycles. The van der Waals surface area contributed by atoms with E-state index in [4.69, 9.17) is 10.9 Å². The van der Waals surface area contributed by atoms with Crippen LogP contribution < -0.4 is 11.1 Å². The van der Waals surface area contributed by atoms with Gasteiger partial charge in [0.25, 0.3) is 0 Å². The Morgan fingerprint density at radius 2 is 2.22 bits per heavy atom. The number of nitrogens with two attached hydrogens (primary N) is 1. The van der Waals surface area contributed by atoms with E-state index in [2.05, 4.69) is 17.4 Å². The maximum Gasteiger partial charge on any atom is 0.234 e. The van der Waals surface area contributed by atoms with Gasteiger partial charge in [0.2, 0.25) is 5.91 Å². The maximum absolute atomic E-state index is 12.2. The molecule has 0 aromatic heterocycles. The molecule has 5 nitrogen and oxygen atoms in total. The van der Waals surface area contributed by atoms with Gasteiger partial charge in [0, 0.05) is 6.04 Å². The summed E-state index contributed by atoms with van der Waals surface area (Å²) in [6, 6.07) is 0.264. The van der Waals surface area contributed by atoms with E-state index < -0.39 is 5.41 Å². The summed E-state index contributed by atoms with van der Waals surface area (Å²) in [5, 5.41) is 14.8. The standard InChI is InChI=1S/C13H23N3O2/c1-2-9-4-3-5-10(8-9)15-12(17)13(6-7-13)11(14)16-18/h9-10,18H,2-8H2,1H3,(H2,14,16)(H,15,17). The van der Waals surface area contributed by atoms with Crippen LogP contribution in [0.2, 0.25) is 0 Å². The molecule has 1 amide bonds. The number of amidine groups is 1. The fourth-order valence-corrected chi connectivity index (χ4v) is 2.94. The van der Waals surface area contributed by atoms with Crippen molar-refractivity contribution in [3.63, 3.8) is 0 Å². The number of nitrogens with one attached hydrogen (secondary N) is 1. The lowest BCUT2D eigenvalue weighted by atomic mass is 9.84. The molecule has 102 valence electrons. The highest BCUT2D eigenvalue weighted by atomic mass is 16.4. The van der Waals surface area contributed by atoms with Gasteiger partial charge in [-0.15, -0.1) is 0 Å². The molecular formula is C13H23N3O2. The molecule has 2 rings (SSSR count). The van der Waals surface area contributed by atoms with Crippen molar-refractivity contribution in [2.75, 3.05) is 0 Å². The molecular weight excluding hydrogens is 230 g/mol. The van der Waals surface area contributed by atoms with Gasteiger partial charge < -0.3 is 16.3 Å². The maximum atomic E-state index is 12.2. The number of carbonyl (C=O) groups is 1. The largest absolute Gasteiger partial charge is 0.409 e. The predicted octanol–water partition coefficient (Wildman–Crippen LogP) is 1.60. The van der Waals surface area contributed by atoms with E-state index >= 15 is 0 Å². The van der Waals surface area contributed by atoms with Gasteiger partial charge in [0.15, 0.2) is 5.84 Å². The number of hydrogen-bond donors (Lipinski definition) is 3. The van der Waals surface area contributed by atoms with Crippen molar-refractivity contribution in [3.05, 3.63) is 0 Å². The molecule has 2 unspecified atom stereocenters. The minimum atomic E-state index is -0.714. The normalized spacial score (nSPS) is 30.8. The third-order valence-corrected chi connectivity index (χ3v) is 4.48. The number of oxime groups is 1. The third kappa shape index (κ3) is 2.44. The molecule has 0 aromatic rings. The van der Waals surface area contributed by atoms with Crippen LogP contribution in [0.4, 0.5) is 0 Å². The first kappa shape index (κ1) is 13.2. The van der Waals surface area contributed by atoms with Gasteiger partial charge >= 0.3 is 0 Å². The monoisotopic (exact) mass is 253 g/mol. The summed E-state index contributed by atoms with van der Waals surface area (Å²) in [7, 11) is 0. The lowest BCUT2D eigenvalue weighted by Crippen LogP contribution is -2.46. The topological polar surface area (TPSA) is 87.7 Å². The molecule has 0 saturated heterocycles. The van der Waals surface area contributed by atoms with Crippen molar-refractivity contribution in [2.24, 2.45) is 22.2 Å². The fourth-order valence-electron chi connectivity index (χ4n) is 2.94. The molecule has 18 heavy (non-hydrogen) atoms. The first-order valence-electron chi connectivity index (χ1n) is 6.91. The van der Waals surface area contributed by atoms with Gasteiger partial charge in [0.05, 0.1) is 0 Å². The second-order valence-electron chi connectivity index (χ2n) is 5.68. The number of amides is 1. The van der Waals surface area contributed by atoms with Crippen LogP contribution in [0.5, 0.6) is 0 Å². The summed E-state index contributed by atoms with van der Waals surface area (Å²) in [6.07, 6.45) is 7.13. The van der Waals surface area contributed by atoms with E-state index in [9.17, 15) is 4.79 Å². The van der Waals surface area contributed by atoms with Crippen molar-refractivity contribution in [1.82, 2.24) is 5.32 Å². The van der Waals surface area contributed by atoms with Crippen LogP contribution in [-0.4, -0.2) is 23.0 Å². The molecule has 0 spiro atoms. The summed E-state index contributed by atoms with van der Waals surface area (Å²) >= 11 is 0. The zero-order chi connectivity index (χ0) is 13.2. The van der Waals surface area contributed by atoms with Crippen molar-refractivity contribution >= 4 is 11.7 Å². The van der Waals surface area contributed by atoms with Crippen molar-refractivity contribution in [3.8, 4) is 0 Å². The van der Waals surface area contributed by atoms with Gasteiger partial charge in [-0.3, -0.25) is 4.79 Å². The molecule has 2 aliphatic rings. The Morgan fingerprint density at radius 3 is 2.78 bits per heavy atom. The van der Waals surface area contributed by atoms with Crippen LogP contribution in [0.15, 0.2) is 5.16 Å². The minimum absolute atomic E-state index is 0.0560. The van der Waals surface area contributed by atoms with Crippen LogP contribution in [0.25, 0.3) is 0 Å². The summed E-state index contributed by atoms with van der Waals surface area (Å²) in [5.74, 6) is 0.727. The van der Waals surface area contributed by atoms with Crippen LogP contribution in [-0.2, 0) is 4.79 Å². The molecule has 2 aliphatic carbocycles. The summed E-state index contributed by atoms with van der Waals surface area (Å²) in [4.78, 5) is 12.2. The lowest BCUT2D eigenvalue weighted by Gasteiger charge is -2.30. The van der Waals surface area contributed by atoms with Gasteiger partial charge in [-0.2, -0.15) is 0 Å². The van der Waals surface area contributed by atoms with Crippen LogP contribution >= 0.6 is 0 Å². The summed E-state index contributed by atoms with van der Waals surface area (Å²) in [6.45, 7) is 2.20. The van der Waals surface area contributed by atoms with Crippen molar-refractivity contribution in [1.29, 1.82) is 0 Å². The average molecular weight is 253 g/mol. The molecule has 0 radical (unpaired) electrons. The molecule has 2 atom stereocenters. The summed E-state index contributed by atoms with van der Waals surface area (Å²) < 4.78 is 0. The van der Waals surface area contributed by atoms with E-state index in [1.807, 2.05) is 0 Å². The van der Waals surface area contributed by atoms with Gasteiger partial charge in [-0.05, 0) is 31.6 Å². The number of carbonyl (C=O) groups excluding carboxylic acids is 1. The van der Waals surface area contributed by atoms with E-state index in [0.717, 1.165) is 18.8 Å². The Hall–Kier alpha value is -1.26. The van der Waals surface area contributed by atoms with Crippen LogP contribution in [0, 0.1) is 11.3 Å². The summed E-state index contributed by atoms with van der Waals surface area (Å²) in [5.41, 5.74) is 4.90. The quantitative estimate of drug-likeness (QED) is 0.308. The first-order chi connectivity index (χ1) is 8.62. The Balaban J connectivity index is 1.92. The Kier molecular flexibility index (Phi) is 3.78. The Morgan fingerprint density at radius 1 is 1.50 bits per heavy atom. The molecule has 5 heteroatoms. The zero-order valence-electron chi connectivity index (χ0n) is 11.0. The Bertz CT molecular complexity index is 350. The molecule has 2 saturated carbocycles. The minimum Gasteiger partial charge on any atom is -0.409 e. The molecule has 4 N–H and O–H groups in total. The van der Waals surface area contributed by atoms with E-state index in [1.165, 1.54) is 19.3 Å². The van der Waals surface area contributed by atoms with Gasteiger partial charge in [-0.25, -0.2) is 0 Å². The lowest BCUT2D eigenvalue weighted by molar-refractivity contribution is -0.125. The molecule has 0 bridgehead atoms. The predicted molar refractivity (Wildman–Crippen MR) is 69.3 cm³/mol. The van der Waals surface area contributed by atoms with Crippen molar-refractivity contribution < 1.29 is 10.0 Å². The van der Waals surface area contributed by atoms with E-state index in [-0.39, 0.29) is 17.8 Å². The highest BCUT2D eigenvalue weighted by Crippen LogP contribution is 2.46. The highest BCUT2D eigenvalue weighted by molar-refractivity contribution is 6.09. The molecule has 2 fully saturated rings. The molecule has 0 aliphatic heterocycles. The number of nitrogens with zero attached hydrogens (tertiary/aromatic N) is 1. The van der Waals surface area contributed by atoms with Gasteiger partial charge in [0.1, 0.15) is 5.41 Å². The SMILES string of the molecule is CCC1CCCC(NC(=O)C2(C(N)=NO)CC2)C1. The highest BCUT2D eigenvalue weighted by Gasteiger charge is 2.54. The van der Waals surface area contributed by atoms with Crippen LogP contribution in [0.3, 0.4) is 0 Å². The van der Waals surface area contributed by atoms with Crippen LogP contribution in [0.1, 0.15) is 51.9 Å². The zero-order valence-corrected chi connectivity index (χ0v) is 11.0. The van der Waals surface area contributed by atoms with Gasteiger partial charge in [-0.1, -0.05) is 31.3 Å². The second kappa shape index (κ2) is 5.16. The Labute approximate surface area is 108 Å². The number of hydrogen-bond acceptors (Lipinski definition) is 3. The number of rotatable bonds is 4. The van der Waals surface area contributed by atoms with Crippen molar-refractivity contribution in [2.45, 2.75) is 57.9 Å². The average Bonchev–Trinajstić information content (AvgIpc) is 3.19. The molecule has 0 heterocycles.